The molecule has 0 unspecified atom stereocenters. The van der Waals surface area contributed by atoms with Crippen LogP contribution in [0.25, 0.3) is 10.9 Å². The molecule has 0 aliphatic heterocycles. The van der Waals surface area contributed by atoms with Gasteiger partial charge in [0.2, 0.25) is 0 Å². The molecule has 0 aliphatic carbocycles. The average Bonchev–Trinajstić information content (AvgIpc) is 2.65. The molecular formula is C14H17FN2O. The first kappa shape index (κ1) is 12.6. The SMILES string of the molecule is CCN(CC)C(=O)c1c(C)[nH]c2cc(F)ccc12. The zero-order chi connectivity index (χ0) is 13.3. The third kappa shape index (κ3) is 1.98. The first-order chi connectivity index (χ1) is 8.58. The Kier molecular flexibility index (Phi) is 3.36. The van der Waals surface area contributed by atoms with E-state index in [0.29, 0.717) is 24.2 Å². The lowest BCUT2D eigenvalue weighted by Gasteiger charge is -2.18. The molecule has 2 aromatic rings. The molecule has 0 bridgehead atoms. The Morgan fingerprint density at radius 1 is 1.33 bits per heavy atom. The summed E-state index contributed by atoms with van der Waals surface area (Å²) in [5.41, 5.74) is 2.10. The van der Waals surface area contributed by atoms with Crippen molar-refractivity contribution in [2.75, 3.05) is 13.1 Å². The zero-order valence-corrected chi connectivity index (χ0v) is 10.9. The van der Waals surface area contributed by atoms with Crippen LogP contribution in [0.3, 0.4) is 0 Å². The van der Waals surface area contributed by atoms with Crippen molar-refractivity contribution >= 4 is 16.8 Å². The molecule has 96 valence electrons. The van der Waals surface area contributed by atoms with E-state index in [9.17, 15) is 9.18 Å². The summed E-state index contributed by atoms with van der Waals surface area (Å²) < 4.78 is 13.2. The summed E-state index contributed by atoms with van der Waals surface area (Å²) in [4.78, 5) is 17.2. The van der Waals surface area contributed by atoms with Crippen molar-refractivity contribution in [2.24, 2.45) is 0 Å². The zero-order valence-electron chi connectivity index (χ0n) is 10.9. The highest BCUT2D eigenvalue weighted by molar-refractivity contribution is 6.08. The van der Waals surface area contributed by atoms with E-state index in [2.05, 4.69) is 4.98 Å². The van der Waals surface area contributed by atoms with Gasteiger partial charge >= 0.3 is 0 Å². The summed E-state index contributed by atoms with van der Waals surface area (Å²) in [5, 5.41) is 0.783. The van der Waals surface area contributed by atoms with Gasteiger partial charge in [0, 0.05) is 29.7 Å². The van der Waals surface area contributed by atoms with Crippen molar-refractivity contribution in [3.8, 4) is 0 Å². The molecule has 0 atom stereocenters. The standard InChI is InChI=1S/C14H17FN2O/c1-4-17(5-2)14(18)13-9(3)16-12-8-10(15)6-7-11(12)13/h6-8,16H,4-5H2,1-3H3. The minimum atomic E-state index is -0.300. The Labute approximate surface area is 106 Å². The summed E-state index contributed by atoms with van der Waals surface area (Å²) in [6, 6.07) is 4.46. The number of rotatable bonds is 3. The van der Waals surface area contributed by atoms with Crippen LogP contribution < -0.4 is 0 Å². The van der Waals surface area contributed by atoms with E-state index >= 15 is 0 Å². The van der Waals surface area contributed by atoms with E-state index in [1.54, 1.807) is 11.0 Å². The summed E-state index contributed by atoms with van der Waals surface area (Å²) in [6.07, 6.45) is 0. The van der Waals surface area contributed by atoms with Crippen LogP contribution in [0.1, 0.15) is 29.9 Å². The van der Waals surface area contributed by atoms with Crippen LogP contribution in [0.4, 0.5) is 4.39 Å². The normalized spacial score (nSPS) is 10.9. The van der Waals surface area contributed by atoms with Gasteiger partial charge in [-0.3, -0.25) is 4.79 Å². The second-order valence-corrected chi connectivity index (χ2v) is 4.29. The molecule has 2 rings (SSSR count). The number of nitrogens with zero attached hydrogens (tertiary/aromatic N) is 1. The van der Waals surface area contributed by atoms with Crippen LogP contribution in [-0.4, -0.2) is 28.9 Å². The Hall–Kier alpha value is -1.84. The van der Waals surface area contributed by atoms with E-state index in [-0.39, 0.29) is 11.7 Å². The number of aromatic amines is 1. The lowest BCUT2D eigenvalue weighted by Crippen LogP contribution is -2.30. The number of nitrogens with one attached hydrogen (secondary N) is 1. The van der Waals surface area contributed by atoms with Gasteiger partial charge in [0.1, 0.15) is 5.82 Å². The number of benzene rings is 1. The van der Waals surface area contributed by atoms with E-state index in [4.69, 9.17) is 0 Å². The van der Waals surface area contributed by atoms with Crippen molar-refractivity contribution in [1.82, 2.24) is 9.88 Å². The molecule has 1 aromatic carbocycles. The molecular weight excluding hydrogens is 231 g/mol. The fraction of sp³-hybridized carbons (Fsp3) is 0.357. The number of H-pyrrole nitrogens is 1. The minimum absolute atomic E-state index is 0.00430. The quantitative estimate of drug-likeness (QED) is 0.890. The third-order valence-electron chi connectivity index (χ3n) is 3.21. The van der Waals surface area contributed by atoms with Gasteiger partial charge in [0.15, 0.2) is 0 Å². The van der Waals surface area contributed by atoms with Crippen LogP contribution in [0.5, 0.6) is 0 Å². The molecule has 1 aromatic heterocycles. The first-order valence-electron chi connectivity index (χ1n) is 6.15. The van der Waals surface area contributed by atoms with E-state index in [0.717, 1.165) is 11.1 Å². The Balaban J connectivity index is 2.57. The Morgan fingerprint density at radius 3 is 2.61 bits per heavy atom. The van der Waals surface area contributed by atoms with Crippen LogP contribution >= 0.6 is 0 Å². The number of carbonyl (C=O) groups is 1. The number of hydrogen-bond donors (Lipinski definition) is 1. The molecule has 0 saturated heterocycles. The highest BCUT2D eigenvalue weighted by Gasteiger charge is 2.20. The summed E-state index contributed by atoms with van der Waals surface area (Å²) in [7, 11) is 0. The van der Waals surface area contributed by atoms with Gasteiger partial charge in [-0.2, -0.15) is 0 Å². The lowest BCUT2D eigenvalue weighted by atomic mass is 10.1. The number of aromatic nitrogens is 1. The predicted molar refractivity (Wildman–Crippen MR) is 70.2 cm³/mol. The maximum Gasteiger partial charge on any atom is 0.256 e. The smallest absolute Gasteiger partial charge is 0.256 e. The number of carbonyl (C=O) groups excluding carboxylic acids is 1. The summed E-state index contributed by atoms with van der Waals surface area (Å²) in [5.74, 6) is -0.305. The number of hydrogen-bond acceptors (Lipinski definition) is 1. The first-order valence-corrected chi connectivity index (χ1v) is 6.15. The van der Waals surface area contributed by atoms with Crippen molar-refractivity contribution in [2.45, 2.75) is 20.8 Å². The number of aryl methyl sites for hydroxylation is 1. The maximum absolute atomic E-state index is 13.2. The Bertz CT molecular complexity index is 585. The fourth-order valence-electron chi connectivity index (χ4n) is 2.25. The van der Waals surface area contributed by atoms with Crippen molar-refractivity contribution in [3.05, 3.63) is 35.3 Å². The predicted octanol–water partition coefficient (Wildman–Crippen LogP) is 3.10. The molecule has 0 aliphatic rings. The Morgan fingerprint density at radius 2 is 2.00 bits per heavy atom. The van der Waals surface area contributed by atoms with Crippen LogP contribution in [-0.2, 0) is 0 Å². The van der Waals surface area contributed by atoms with Gasteiger partial charge in [-0.05, 0) is 39.0 Å². The van der Waals surface area contributed by atoms with Gasteiger partial charge in [-0.25, -0.2) is 4.39 Å². The maximum atomic E-state index is 13.2. The second-order valence-electron chi connectivity index (χ2n) is 4.29. The van der Waals surface area contributed by atoms with Crippen molar-refractivity contribution in [3.63, 3.8) is 0 Å². The minimum Gasteiger partial charge on any atom is -0.358 e. The largest absolute Gasteiger partial charge is 0.358 e. The molecule has 0 saturated carbocycles. The van der Waals surface area contributed by atoms with E-state index in [1.807, 2.05) is 20.8 Å². The van der Waals surface area contributed by atoms with Gasteiger partial charge < -0.3 is 9.88 Å². The molecule has 0 radical (unpaired) electrons. The molecule has 1 heterocycles. The van der Waals surface area contributed by atoms with Crippen LogP contribution in [0, 0.1) is 12.7 Å². The molecule has 1 N–H and O–H groups in total. The number of fused-ring (bicyclic) bond motifs is 1. The van der Waals surface area contributed by atoms with Crippen molar-refractivity contribution < 1.29 is 9.18 Å². The van der Waals surface area contributed by atoms with Gasteiger partial charge in [0.05, 0.1) is 5.56 Å². The highest BCUT2D eigenvalue weighted by atomic mass is 19.1. The number of amides is 1. The molecule has 0 spiro atoms. The third-order valence-corrected chi connectivity index (χ3v) is 3.21. The monoisotopic (exact) mass is 248 g/mol. The molecule has 4 heteroatoms. The summed E-state index contributed by atoms with van der Waals surface area (Å²) in [6.45, 7) is 7.08. The van der Waals surface area contributed by atoms with Crippen LogP contribution in [0.2, 0.25) is 0 Å². The number of halogens is 1. The fourth-order valence-corrected chi connectivity index (χ4v) is 2.25. The van der Waals surface area contributed by atoms with Crippen molar-refractivity contribution in [1.29, 1.82) is 0 Å². The summed E-state index contributed by atoms with van der Waals surface area (Å²) >= 11 is 0. The lowest BCUT2D eigenvalue weighted by molar-refractivity contribution is 0.0774. The van der Waals surface area contributed by atoms with Gasteiger partial charge in [0.25, 0.3) is 5.91 Å². The van der Waals surface area contributed by atoms with Gasteiger partial charge in [-0.15, -0.1) is 0 Å². The van der Waals surface area contributed by atoms with E-state index < -0.39 is 0 Å². The van der Waals surface area contributed by atoms with Gasteiger partial charge in [-0.1, -0.05) is 0 Å². The average molecular weight is 248 g/mol. The molecule has 0 fully saturated rings. The molecule has 3 nitrogen and oxygen atoms in total. The topological polar surface area (TPSA) is 36.1 Å². The highest BCUT2D eigenvalue weighted by Crippen LogP contribution is 2.24. The molecule has 18 heavy (non-hydrogen) atoms. The molecule has 1 amide bonds. The van der Waals surface area contributed by atoms with Crippen LogP contribution in [0.15, 0.2) is 18.2 Å². The second kappa shape index (κ2) is 4.80. The van der Waals surface area contributed by atoms with E-state index in [1.165, 1.54) is 12.1 Å².